The van der Waals surface area contributed by atoms with Crippen LogP contribution >= 0.6 is 0 Å². The average molecular weight is 328 g/mol. The average Bonchev–Trinajstić information content (AvgIpc) is 3.04. The van der Waals surface area contributed by atoms with Gasteiger partial charge in [-0.05, 0) is 25.0 Å². The fourth-order valence-electron chi connectivity index (χ4n) is 2.94. The standard InChI is InChI=1S/C17H20N4O3/c1-10-11-5-3-4-6-12(11)18-14(10)9-21(2)15(22)8-7-13-16(23)20-17(24)19-13/h3-6,13,18H,7-9H2,1-2H3,(H2,19,20,23,24)/t13-/m1/s1. The first kappa shape index (κ1) is 16.0. The molecule has 1 fully saturated rings. The zero-order valence-corrected chi connectivity index (χ0v) is 13.7. The number of rotatable bonds is 5. The molecule has 1 aliphatic rings. The fraction of sp³-hybridized carbons (Fsp3) is 0.353. The molecular formula is C17H20N4O3. The third-order valence-electron chi connectivity index (χ3n) is 4.40. The molecule has 0 aliphatic carbocycles. The van der Waals surface area contributed by atoms with Gasteiger partial charge in [0.15, 0.2) is 0 Å². The van der Waals surface area contributed by atoms with E-state index in [0.717, 1.165) is 22.2 Å². The van der Waals surface area contributed by atoms with Crippen molar-refractivity contribution in [2.45, 2.75) is 32.4 Å². The van der Waals surface area contributed by atoms with Gasteiger partial charge >= 0.3 is 6.03 Å². The summed E-state index contributed by atoms with van der Waals surface area (Å²) >= 11 is 0. The van der Waals surface area contributed by atoms with Gasteiger partial charge in [0.2, 0.25) is 5.91 Å². The van der Waals surface area contributed by atoms with Gasteiger partial charge in [-0.15, -0.1) is 0 Å². The second-order valence-electron chi connectivity index (χ2n) is 6.08. The van der Waals surface area contributed by atoms with Crippen molar-refractivity contribution < 1.29 is 14.4 Å². The third-order valence-corrected chi connectivity index (χ3v) is 4.40. The van der Waals surface area contributed by atoms with Gasteiger partial charge in [0.1, 0.15) is 6.04 Å². The highest BCUT2D eigenvalue weighted by atomic mass is 16.2. The number of fused-ring (bicyclic) bond motifs is 1. The number of imide groups is 1. The summed E-state index contributed by atoms with van der Waals surface area (Å²) in [6, 6.07) is 6.90. The molecule has 7 nitrogen and oxygen atoms in total. The van der Waals surface area contributed by atoms with Crippen LogP contribution in [0, 0.1) is 6.92 Å². The van der Waals surface area contributed by atoms with Crippen LogP contribution in [0.3, 0.4) is 0 Å². The summed E-state index contributed by atoms with van der Waals surface area (Å²) < 4.78 is 0. The van der Waals surface area contributed by atoms with Gasteiger partial charge in [-0.25, -0.2) is 4.79 Å². The largest absolute Gasteiger partial charge is 0.357 e. The first-order valence-electron chi connectivity index (χ1n) is 7.87. The van der Waals surface area contributed by atoms with Crippen molar-refractivity contribution in [3.63, 3.8) is 0 Å². The van der Waals surface area contributed by atoms with Crippen molar-refractivity contribution in [3.8, 4) is 0 Å². The van der Waals surface area contributed by atoms with E-state index in [4.69, 9.17) is 0 Å². The number of aryl methyl sites for hydroxylation is 1. The van der Waals surface area contributed by atoms with Crippen molar-refractivity contribution in [2.24, 2.45) is 0 Å². The Kier molecular flexibility index (Phi) is 4.24. The summed E-state index contributed by atoms with van der Waals surface area (Å²) in [5.41, 5.74) is 3.18. The molecule has 0 bridgehead atoms. The van der Waals surface area contributed by atoms with Crippen molar-refractivity contribution >= 4 is 28.7 Å². The van der Waals surface area contributed by atoms with E-state index in [1.807, 2.05) is 31.2 Å². The van der Waals surface area contributed by atoms with Crippen LogP contribution in [0.4, 0.5) is 4.79 Å². The molecule has 1 aromatic carbocycles. The predicted octanol–water partition coefficient (Wildman–Crippen LogP) is 1.42. The summed E-state index contributed by atoms with van der Waals surface area (Å²) in [5.74, 6) is -0.441. The molecule has 24 heavy (non-hydrogen) atoms. The van der Waals surface area contributed by atoms with Crippen LogP contribution in [-0.2, 0) is 16.1 Å². The Balaban J connectivity index is 1.60. The minimum atomic E-state index is -0.621. The zero-order valence-electron chi connectivity index (χ0n) is 13.7. The third kappa shape index (κ3) is 3.10. The molecule has 0 radical (unpaired) electrons. The molecule has 0 spiro atoms. The quantitative estimate of drug-likeness (QED) is 0.725. The molecule has 7 heteroatoms. The maximum Gasteiger partial charge on any atom is 0.322 e. The minimum Gasteiger partial charge on any atom is -0.357 e. The lowest BCUT2D eigenvalue weighted by Gasteiger charge is -2.17. The minimum absolute atomic E-state index is 0.0676. The Hall–Kier alpha value is -2.83. The van der Waals surface area contributed by atoms with Crippen LogP contribution in [0.1, 0.15) is 24.1 Å². The van der Waals surface area contributed by atoms with Crippen molar-refractivity contribution in [3.05, 3.63) is 35.5 Å². The molecule has 1 aromatic heterocycles. The highest BCUT2D eigenvalue weighted by molar-refractivity contribution is 6.04. The summed E-state index contributed by atoms with van der Waals surface area (Å²) in [5, 5.41) is 5.81. The number of benzene rings is 1. The SMILES string of the molecule is Cc1c(CN(C)C(=O)CC[C@H]2NC(=O)NC2=O)[nH]c2ccccc12. The maximum atomic E-state index is 12.3. The highest BCUT2D eigenvalue weighted by Gasteiger charge is 2.29. The number of aromatic amines is 1. The first-order chi connectivity index (χ1) is 11.5. The number of hydrogen-bond acceptors (Lipinski definition) is 3. The van der Waals surface area contributed by atoms with E-state index in [0.29, 0.717) is 13.0 Å². The normalized spacial score (nSPS) is 17.0. The van der Waals surface area contributed by atoms with Gasteiger partial charge in [-0.1, -0.05) is 18.2 Å². The summed E-state index contributed by atoms with van der Waals surface area (Å²) in [6.07, 6.45) is 0.501. The van der Waals surface area contributed by atoms with Crippen molar-refractivity contribution in [1.29, 1.82) is 0 Å². The number of hydrogen-bond donors (Lipinski definition) is 3. The molecule has 126 valence electrons. The molecule has 4 amide bonds. The molecule has 0 unspecified atom stereocenters. The molecule has 0 saturated carbocycles. The highest BCUT2D eigenvalue weighted by Crippen LogP contribution is 2.22. The number of para-hydroxylation sites is 1. The summed E-state index contributed by atoms with van der Waals surface area (Å²) in [7, 11) is 1.74. The van der Waals surface area contributed by atoms with Gasteiger partial charge in [0.25, 0.3) is 5.91 Å². The van der Waals surface area contributed by atoms with E-state index in [1.54, 1.807) is 11.9 Å². The monoisotopic (exact) mass is 328 g/mol. The molecule has 1 saturated heterocycles. The lowest BCUT2D eigenvalue weighted by atomic mass is 10.1. The van der Waals surface area contributed by atoms with Gasteiger partial charge in [0, 0.05) is 30.1 Å². The van der Waals surface area contributed by atoms with Crippen LogP contribution in [0.5, 0.6) is 0 Å². The van der Waals surface area contributed by atoms with Gasteiger partial charge in [-0.2, -0.15) is 0 Å². The summed E-state index contributed by atoms with van der Waals surface area (Å²) in [6.45, 7) is 2.51. The number of aromatic nitrogens is 1. The molecule has 3 rings (SSSR count). The summed E-state index contributed by atoms with van der Waals surface area (Å²) in [4.78, 5) is 39.8. The van der Waals surface area contributed by atoms with Crippen molar-refractivity contribution in [2.75, 3.05) is 7.05 Å². The van der Waals surface area contributed by atoms with Gasteiger partial charge < -0.3 is 15.2 Å². The number of urea groups is 1. The first-order valence-corrected chi connectivity index (χ1v) is 7.87. The Morgan fingerprint density at radius 2 is 2.00 bits per heavy atom. The number of nitrogens with zero attached hydrogens (tertiary/aromatic N) is 1. The molecule has 2 aromatic rings. The second-order valence-corrected chi connectivity index (χ2v) is 6.08. The Bertz CT molecular complexity index is 811. The molecule has 3 N–H and O–H groups in total. The van der Waals surface area contributed by atoms with E-state index in [1.165, 1.54) is 0 Å². The molecule has 2 heterocycles. The van der Waals surface area contributed by atoms with E-state index in [-0.39, 0.29) is 18.2 Å². The Morgan fingerprint density at radius 3 is 2.67 bits per heavy atom. The molecule has 1 atom stereocenters. The van der Waals surface area contributed by atoms with Gasteiger partial charge in [-0.3, -0.25) is 14.9 Å². The predicted molar refractivity (Wildman–Crippen MR) is 89.2 cm³/mol. The van der Waals surface area contributed by atoms with Crippen LogP contribution in [-0.4, -0.2) is 40.8 Å². The number of nitrogens with one attached hydrogen (secondary N) is 3. The smallest absolute Gasteiger partial charge is 0.322 e. The van der Waals surface area contributed by atoms with Crippen molar-refractivity contribution in [1.82, 2.24) is 20.5 Å². The number of H-pyrrole nitrogens is 1. The van der Waals surface area contributed by atoms with Crippen LogP contribution < -0.4 is 10.6 Å². The van der Waals surface area contributed by atoms with E-state index >= 15 is 0 Å². The van der Waals surface area contributed by atoms with Crippen LogP contribution in [0.2, 0.25) is 0 Å². The number of carbonyl (C=O) groups excluding carboxylic acids is 3. The van der Waals surface area contributed by atoms with E-state index in [2.05, 4.69) is 15.6 Å². The van der Waals surface area contributed by atoms with E-state index in [9.17, 15) is 14.4 Å². The topological polar surface area (TPSA) is 94.3 Å². The Morgan fingerprint density at radius 1 is 1.25 bits per heavy atom. The second kappa shape index (κ2) is 6.35. The maximum absolute atomic E-state index is 12.3. The Labute approximate surface area is 139 Å². The number of carbonyl (C=O) groups is 3. The van der Waals surface area contributed by atoms with E-state index < -0.39 is 12.1 Å². The zero-order chi connectivity index (χ0) is 17.3. The lowest BCUT2D eigenvalue weighted by molar-refractivity contribution is -0.130. The molecular weight excluding hydrogens is 308 g/mol. The molecule has 1 aliphatic heterocycles. The van der Waals surface area contributed by atoms with Crippen LogP contribution in [0.15, 0.2) is 24.3 Å². The van der Waals surface area contributed by atoms with Gasteiger partial charge in [0.05, 0.1) is 6.54 Å². The lowest BCUT2D eigenvalue weighted by Crippen LogP contribution is -2.32. The van der Waals surface area contributed by atoms with Crippen LogP contribution in [0.25, 0.3) is 10.9 Å². The fourth-order valence-corrected chi connectivity index (χ4v) is 2.94. The number of amides is 4.